The Balaban J connectivity index is 2.11. The van der Waals surface area contributed by atoms with Crippen LogP contribution in [0.5, 0.6) is 0 Å². The molecule has 0 radical (unpaired) electrons. The molecule has 0 aliphatic carbocycles. The van der Waals surface area contributed by atoms with Gasteiger partial charge in [0.15, 0.2) is 0 Å². The van der Waals surface area contributed by atoms with Gasteiger partial charge in [-0.25, -0.2) is 4.98 Å². The summed E-state index contributed by atoms with van der Waals surface area (Å²) in [6.07, 6.45) is 4.39. The van der Waals surface area contributed by atoms with Crippen LogP contribution in [0.25, 0.3) is 0 Å². The average molecular weight is 205 g/mol. The summed E-state index contributed by atoms with van der Waals surface area (Å²) in [5.74, 6) is 2.85. The third-order valence-electron chi connectivity index (χ3n) is 2.41. The normalized spacial score (nSPS) is 12.9. The highest BCUT2D eigenvalue weighted by molar-refractivity contribution is 5.11. The molecule has 2 aromatic rings. The first-order valence-corrected chi connectivity index (χ1v) is 5.01. The van der Waals surface area contributed by atoms with Crippen LogP contribution < -0.4 is 5.32 Å². The second-order valence-electron chi connectivity index (χ2n) is 3.53. The highest BCUT2D eigenvalue weighted by Crippen LogP contribution is 2.18. The number of likely N-dealkylation sites (N-methyl/N-ethyl adjacent to an activating group) is 1. The molecular weight excluding hydrogens is 190 g/mol. The Labute approximate surface area is 88.7 Å². The molecule has 0 saturated carbocycles. The van der Waals surface area contributed by atoms with Crippen molar-refractivity contribution in [3.8, 4) is 0 Å². The van der Waals surface area contributed by atoms with Gasteiger partial charge in [-0.3, -0.25) is 0 Å². The molecule has 1 atom stereocenters. The fraction of sp³-hybridized carbons (Fsp3) is 0.364. The summed E-state index contributed by atoms with van der Waals surface area (Å²) in [7, 11) is 1.92. The van der Waals surface area contributed by atoms with Crippen molar-refractivity contribution in [3.63, 3.8) is 0 Å². The Kier molecular flexibility index (Phi) is 2.87. The van der Waals surface area contributed by atoms with Gasteiger partial charge in [0.2, 0.25) is 0 Å². The van der Waals surface area contributed by atoms with E-state index in [1.54, 1.807) is 6.20 Å². The van der Waals surface area contributed by atoms with E-state index in [0.29, 0.717) is 0 Å². The minimum Gasteiger partial charge on any atom is -0.465 e. The molecule has 2 N–H and O–H groups in total. The van der Waals surface area contributed by atoms with Crippen LogP contribution in [0.3, 0.4) is 0 Å². The summed E-state index contributed by atoms with van der Waals surface area (Å²) in [5.41, 5.74) is 0. The molecule has 4 nitrogen and oxygen atoms in total. The number of hydrogen-bond donors (Lipinski definition) is 2. The van der Waals surface area contributed by atoms with Gasteiger partial charge in [0.25, 0.3) is 0 Å². The number of H-pyrrole nitrogens is 1. The van der Waals surface area contributed by atoms with Crippen molar-refractivity contribution in [3.05, 3.63) is 41.9 Å². The van der Waals surface area contributed by atoms with Gasteiger partial charge in [-0.2, -0.15) is 0 Å². The van der Waals surface area contributed by atoms with Crippen LogP contribution in [0, 0.1) is 6.92 Å². The molecule has 0 amide bonds. The van der Waals surface area contributed by atoms with E-state index in [4.69, 9.17) is 4.42 Å². The van der Waals surface area contributed by atoms with Gasteiger partial charge in [-0.15, -0.1) is 0 Å². The molecule has 1 unspecified atom stereocenters. The van der Waals surface area contributed by atoms with Gasteiger partial charge < -0.3 is 14.7 Å². The van der Waals surface area contributed by atoms with Crippen LogP contribution in [-0.2, 0) is 6.42 Å². The maximum atomic E-state index is 5.58. The van der Waals surface area contributed by atoms with E-state index in [2.05, 4.69) is 15.3 Å². The first-order valence-electron chi connectivity index (χ1n) is 5.01. The highest BCUT2D eigenvalue weighted by Gasteiger charge is 2.14. The zero-order chi connectivity index (χ0) is 10.7. The van der Waals surface area contributed by atoms with Gasteiger partial charge in [-0.05, 0) is 26.1 Å². The number of nitrogens with one attached hydrogen (secondary N) is 2. The summed E-state index contributed by atoms with van der Waals surface area (Å²) in [4.78, 5) is 7.28. The fourth-order valence-corrected chi connectivity index (χ4v) is 1.59. The largest absolute Gasteiger partial charge is 0.465 e. The predicted octanol–water partition coefficient (Wildman–Crippen LogP) is 1.81. The second kappa shape index (κ2) is 4.31. The highest BCUT2D eigenvalue weighted by atomic mass is 16.3. The van der Waals surface area contributed by atoms with E-state index in [-0.39, 0.29) is 6.04 Å². The molecule has 0 aromatic carbocycles. The van der Waals surface area contributed by atoms with E-state index in [1.807, 2.05) is 32.3 Å². The second-order valence-corrected chi connectivity index (χ2v) is 3.53. The van der Waals surface area contributed by atoms with E-state index < -0.39 is 0 Å². The monoisotopic (exact) mass is 205 g/mol. The zero-order valence-electron chi connectivity index (χ0n) is 8.95. The number of furan rings is 1. The van der Waals surface area contributed by atoms with Crippen LogP contribution in [0.1, 0.15) is 23.4 Å². The number of rotatable bonds is 4. The molecule has 80 valence electrons. The molecule has 0 saturated heterocycles. The first-order chi connectivity index (χ1) is 7.29. The van der Waals surface area contributed by atoms with Crippen molar-refractivity contribution in [2.75, 3.05) is 7.05 Å². The molecular formula is C11H15N3O. The first kappa shape index (κ1) is 9.98. The Hall–Kier alpha value is -1.55. The average Bonchev–Trinajstić information content (AvgIpc) is 2.85. The molecule has 0 spiro atoms. The third-order valence-corrected chi connectivity index (χ3v) is 2.41. The number of aryl methyl sites for hydroxylation is 1. The van der Waals surface area contributed by atoms with Crippen LogP contribution in [-0.4, -0.2) is 17.0 Å². The van der Waals surface area contributed by atoms with Crippen molar-refractivity contribution >= 4 is 0 Å². The number of aromatic nitrogens is 2. The third kappa shape index (κ3) is 2.27. The lowest BCUT2D eigenvalue weighted by Gasteiger charge is -2.11. The topological polar surface area (TPSA) is 53.9 Å². The number of aromatic amines is 1. The minimum absolute atomic E-state index is 0.171. The van der Waals surface area contributed by atoms with E-state index in [0.717, 1.165) is 23.8 Å². The zero-order valence-corrected chi connectivity index (χ0v) is 8.95. The van der Waals surface area contributed by atoms with Gasteiger partial charge in [-0.1, -0.05) is 0 Å². The molecule has 0 aliphatic rings. The lowest BCUT2D eigenvalue weighted by atomic mass is 10.1. The van der Waals surface area contributed by atoms with Crippen molar-refractivity contribution < 1.29 is 4.42 Å². The molecule has 4 heteroatoms. The lowest BCUT2D eigenvalue weighted by molar-refractivity contribution is 0.411. The Bertz CT molecular complexity index is 405. The van der Waals surface area contributed by atoms with Gasteiger partial charge >= 0.3 is 0 Å². The molecule has 2 heterocycles. The fourth-order valence-electron chi connectivity index (χ4n) is 1.59. The maximum absolute atomic E-state index is 5.58. The SMILES string of the molecule is CNC(Cc1ncc[nH]1)c1ccc(C)o1. The summed E-state index contributed by atoms with van der Waals surface area (Å²) in [5, 5.41) is 3.22. The molecule has 2 aromatic heterocycles. The minimum atomic E-state index is 0.171. The van der Waals surface area contributed by atoms with Crippen LogP contribution in [0.15, 0.2) is 28.9 Å². The Morgan fingerprint density at radius 2 is 2.40 bits per heavy atom. The number of hydrogen-bond acceptors (Lipinski definition) is 3. The van der Waals surface area contributed by atoms with E-state index in [1.165, 1.54) is 0 Å². The van der Waals surface area contributed by atoms with Crippen molar-refractivity contribution in [2.24, 2.45) is 0 Å². The van der Waals surface area contributed by atoms with Crippen LogP contribution in [0.4, 0.5) is 0 Å². The smallest absolute Gasteiger partial charge is 0.121 e. The van der Waals surface area contributed by atoms with E-state index >= 15 is 0 Å². The van der Waals surface area contributed by atoms with Crippen molar-refractivity contribution in [1.82, 2.24) is 15.3 Å². The lowest BCUT2D eigenvalue weighted by Crippen LogP contribution is -2.18. The van der Waals surface area contributed by atoms with Gasteiger partial charge in [0, 0.05) is 18.8 Å². The van der Waals surface area contributed by atoms with E-state index in [9.17, 15) is 0 Å². The summed E-state index contributed by atoms with van der Waals surface area (Å²) >= 11 is 0. The molecule has 0 bridgehead atoms. The molecule has 0 fully saturated rings. The summed E-state index contributed by atoms with van der Waals surface area (Å²) in [6, 6.07) is 4.14. The maximum Gasteiger partial charge on any atom is 0.121 e. The summed E-state index contributed by atoms with van der Waals surface area (Å²) < 4.78 is 5.58. The van der Waals surface area contributed by atoms with Crippen LogP contribution in [0.2, 0.25) is 0 Å². The van der Waals surface area contributed by atoms with Crippen molar-refractivity contribution in [2.45, 2.75) is 19.4 Å². The van der Waals surface area contributed by atoms with Gasteiger partial charge in [0.1, 0.15) is 17.3 Å². The predicted molar refractivity (Wildman–Crippen MR) is 57.5 cm³/mol. The quantitative estimate of drug-likeness (QED) is 0.800. The standard InChI is InChI=1S/C11H15N3O/c1-8-3-4-10(15-8)9(12-2)7-11-13-5-6-14-11/h3-6,9,12H,7H2,1-2H3,(H,13,14). The Morgan fingerprint density at radius 1 is 1.53 bits per heavy atom. The summed E-state index contributed by atoms with van der Waals surface area (Å²) in [6.45, 7) is 1.95. The Morgan fingerprint density at radius 3 is 2.93 bits per heavy atom. The van der Waals surface area contributed by atoms with Gasteiger partial charge in [0.05, 0.1) is 6.04 Å². The number of imidazole rings is 1. The molecule has 2 rings (SSSR count). The molecule has 15 heavy (non-hydrogen) atoms. The number of nitrogens with zero attached hydrogens (tertiary/aromatic N) is 1. The van der Waals surface area contributed by atoms with Crippen molar-refractivity contribution in [1.29, 1.82) is 0 Å². The van der Waals surface area contributed by atoms with Crippen LogP contribution >= 0.6 is 0 Å². The molecule has 0 aliphatic heterocycles.